The summed E-state index contributed by atoms with van der Waals surface area (Å²) in [5, 5.41) is 3.39. The van der Waals surface area contributed by atoms with Crippen molar-refractivity contribution in [3.8, 4) is 0 Å². The standard InChI is InChI=1S/C16H25N5/c1-16(2,17)12-21-14-6-4-3-5-13(14)19-15(21)11-20-9-7-18-8-10-20/h3-6,18H,7-12,17H2,1-2H3. The molecule has 3 rings (SSSR count). The molecule has 0 atom stereocenters. The Morgan fingerprint density at radius 2 is 1.95 bits per heavy atom. The lowest BCUT2D eigenvalue weighted by Crippen LogP contribution is -2.44. The minimum Gasteiger partial charge on any atom is -0.325 e. The van der Waals surface area contributed by atoms with E-state index in [0.717, 1.165) is 50.6 Å². The van der Waals surface area contributed by atoms with Gasteiger partial charge in [-0.15, -0.1) is 0 Å². The fourth-order valence-electron chi connectivity index (χ4n) is 2.90. The summed E-state index contributed by atoms with van der Waals surface area (Å²) in [6.07, 6.45) is 0. The summed E-state index contributed by atoms with van der Waals surface area (Å²) in [6, 6.07) is 8.33. The molecule has 1 aromatic carbocycles. The number of nitrogens with one attached hydrogen (secondary N) is 1. The average Bonchev–Trinajstić information content (AvgIpc) is 2.76. The summed E-state index contributed by atoms with van der Waals surface area (Å²) in [4.78, 5) is 7.29. The second-order valence-corrected chi connectivity index (χ2v) is 6.62. The van der Waals surface area contributed by atoms with Gasteiger partial charge in [-0.2, -0.15) is 0 Å². The molecule has 0 aliphatic carbocycles. The number of hydrogen-bond acceptors (Lipinski definition) is 4. The van der Waals surface area contributed by atoms with Crippen molar-refractivity contribution in [2.45, 2.75) is 32.5 Å². The van der Waals surface area contributed by atoms with Gasteiger partial charge in [0, 0.05) is 38.3 Å². The highest BCUT2D eigenvalue weighted by molar-refractivity contribution is 5.75. The Kier molecular flexibility index (Phi) is 3.97. The molecule has 3 N–H and O–H groups in total. The molecule has 5 heteroatoms. The van der Waals surface area contributed by atoms with Crippen LogP contribution in [-0.2, 0) is 13.1 Å². The van der Waals surface area contributed by atoms with Crippen LogP contribution in [0.1, 0.15) is 19.7 Å². The highest BCUT2D eigenvalue weighted by atomic mass is 15.2. The van der Waals surface area contributed by atoms with E-state index in [9.17, 15) is 0 Å². The largest absolute Gasteiger partial charge is 0.325 e. The first-order valence-electron chi connectivity index (χ1n) is 7.69. The van der Waals surface area contributed by atoms with Crippen LogP contribution in [0.3, 0.4) is 0 Å². The van der Waals surface area contributed by atoms with E-state index in [2.05, 4.69) is 46.8 Å². The number of rotatable bonds is 4. The first-order valence-corrected chi connectivity index (χ1v) is 7.69. The van der Waals surface area contributed by atoms with Crippen molar-refractivity contribution in [1.29, 1.82) is 0 Å². The van der Waals surface area contributed by atoms with E-state index in [-0.39, 0.29) is 5.54 Å². The van der Waals surface area contributed by atoms with E-state index < -0.39 is 0 Å². The molecule has 0 amide bonds. The Hall–Kier alpha value is -1.43. The third-order valence-corrected chi connectivity index (χ3v) is 3.87. The Morgan fingerprint density at radius 1 is 1.24 bits per heavy atom. The molecule has 0 bridgehead atoms. The zero-order valence-electron chi connectivity index (χ0n) is 13.0. The normalized spacial score (nSPS) is 17.5. The van der Waals surface area contributed by atoms with Gasteiger partial charge in [-0.25, -0.2) is 4.98 Å². The third-order valence-electron chi connectivity index (χ3n) is 3.87. The SMILES string of the molecule is CC(C)(N)Cn1c(CN2CCNCC2)nc2ccccc21. The maximum Gasteiger partial charge on any atom is 0.124 e. The molecule has 2 heterocycles. The Morgan fingerprint density at radius 3 is 2.67 bits per heavy atom. The second kappa shape index (κ2) is 5.75. The van der Waals surface area contributed by atoms with Gasteiger partial charge in [-0.3, -0.25) is 4.90 Å². The van der Waals surface area contributed by atoms with Crippen LogP contribution in [0.5, 0.6) is 0 Å². The number of imidazole rings is 1. The van der Waals surface area contributed by atoms with Crippen molar-refractivity contribution >= 4 is 11.0 Å². The van der Waals surface area contributed by atoms with Gasteiger partial charge in [0.25, 0.3) is 0 Å². The van der Waals surface area contributed by atoms with E-state index in [0.29, 0.717) is 0 Å². The minimum atomic E-state index is -0.248. The highest BCUT2D eigenvalue weighted by Gasteiger charge is 2.20. The molecule has 1 aromatic heterocycles. The van der Waals surface area contributed by atoms with Gasteiger partial charge in [0.2, 0.25) is 0 Å². The third kappa shape index (κ3) is 3.43. The van der Waals surface area contributed by atoms with Gasteiger partial charge in [0.15, 0.2) is 0 Å². The number of para-hydroxylation sites is 2. The predicted molar refractivity (Wildman–Crippen MR) is 86.1 cm³/mol. The molecule has 1 saturated heterocycles. The maximum atomic E-state index is 6.25. The Labute approximate surface area is 126 Å². The topological polar surface area (TPSA) is 59.1 Å². The Bertz CT molecular complexity index is 605. The van der Waals surface area contributed by atoms with Gasteiger partial charge in [0.1, 0.15) is 5.82 Å². The molecule has 1 aliphatic rings. The molecule has 0 saturated carbocycles. The lowest BCUT2D eigenvalue weighted by molar-refractivity contribution is 0.224. The first-order chi connectivity index (χ1) is 10.0. The molecule has 5 nitrogen and oxygen atoms in total. The van der Waals surface area contributed by atoms with Gasteiger partial charge >= 0.3 is 0 Å². The number of nitrogens with zero attached hydrogens (tertiary/aromatic N) is 3. The van der Waals surface area contributed by atoms with E-state index in [1.54, 1.807) is 0 Å². The van der Waals surface area contributed by atoms with Crippen LogP contribution < -0.4 is 11.1 Å². The molecular weight excluding hydrogens is 262 g/mol. The molecule has 0 unspecified atom stereocenters. The summed E-state index contributed by atoms with van der Waals surface area (Å²) < 4.78 is 2.29. The summed E-state index contributed by atoms with van der Waals surface area (Å²) in [5.74, 6) is 1.12. The van der Waals surface area contributed by atoms with E-state index >= 15 is 0 Å². The summed E-state index contributed by atoms with van der Waals surface area (Å²) >= 11 is 0. The van der Waals surface area contributed by atoms with Gasteiger partial charge in [0.05, 0.1) is 17.6 Å². The van der Waals surface area contributed by atoms with Crippen molar-refractivity contribution < 1.29 is 0 Å². The molecular formula is C16H25N5. The van der Waals surface area contributed by atoms with Crippen LogP contribution in [-0.4, -0.2) is 46.2 Å². The van der Waals surface area contributed by atoms with E-state index in [1.807, 2.05) is 6.07 Å². The van der Waals surface area contributed by atoms with Crippen molar-refractivity contribution in [3.63, 3.8) is 0 Å². The summed E-state index contributed by atoms with van der Waals surface area (Å²) in [6.45, 7) is 10.1. The molecule has 0 spiro atoms. The summed E-state index contributed by atoms with van der Waals surface area (Å²) in [5.41, 5.74) is 8.24. The molecule has 2 aromatic rings. The predicted octanol–water partition coefficient (Wildman–Crippen LogP) is 1.18. The molecule has 0 radical (unpaired) electrons. The van der Waals surface area contributed by atoms with E-state index in [1.165, 1.54) is 5.52 Å². The fourth-order valence-corrected chi connectivity index (χ4v) is 2.90. The lowest BCUT2D eigenvalue weighted by atomic mass is 10.1. The van der Waals surface area contributed by atoms with Crippen molar-refractivity contribution in [2.24, 2.45) is 5.73 Å². The Balaban J connectivity index is 1.93. The zero-order valence-corrected chi connectivity index (χ0v) is 13.0. The highest BCUT2D eigenvalue weighted by Crippen LogP contribution is 2.19. The quantitative estimate of drug-likeness (QED) is 0.886. The number of fused-ring (bicyclic) bond motifs is 1. The maximum absolute atomic E-state index is 6.25. The number of hydrogen-bond donors (Lipinski definition) is 2. The van der Waals surface area contributed by atoms with Crippen LogP contribution in [0.4, 0.5) is 0 Å². The van der Waals surface area contributed by atoms with Crippen LogP contribution in [0.15, 0.2) is 24.3 Å². The van der Waals surface area contributed by atoms with Gasteiger partial charge in [-0.1, -0.05) is 12.1 Å². The second-order valence-electron chi connectivity index (χ2n) is 6.62. The van der Waals surface area contributed by atoms with Crippen molar-refractivity contribution in [3.05, 3.63) is 30.1 Å². The minimum absolute atomic E-state index is 0.248. The van der Waals surface area contributed by atoms with Crippen LogP contribution in [0.25, 0.3) is 11.0 Å². The van der Waals surface area contributed by atoms with Gasteiger partial charge < -0.3 is 15.6 Å². The molecule has 114 valence electrons. The monoisotopic (exact) mass is 287 g/mol. The molecule has 1 aliphatic heterocycles. The van der Waals surface area contributed by atoms with Crippen LogP contribution in [0.2, 0.25) is 0 Å². The number of nitrogens with two attached hydrogens (primary N) is 1. The zero-order chi connectivity index (χ0) is 14.9. The summed E-state index contributed by atoms with van der Waals surface area (Å²) in [7, 11) is 0. The smallest absolute Gasteiger partial charge is 0.124 e. The molecule has 21 heavy (non-hydrogen) atoms. The lowest BCUT2D eigenvalue weighted by Gasteiger charge is -2.28. The number of piperazine rings is 1. The number of benzene rings is 1. The number of aromatic nitrogens is 2. The van der Waals surface area contributed by atoms with E-state index in [4.69, 9.17) is 10.7 Å². The van der Waals surface area contributed by atoms with Crippen LogP contribution in [0, 0.1) is 0 Å². The fraction of sp³-hybridized carbons (Fsp3) is 0.562. The van der Waals surface area contributed by atoms with Crippen molar-refractivity contribution in [2.75, 3.05) is 26.2 Å². The first kappa shape index (κ1) is 14.5. The van der Waals surface area contributed by atoms with Crippen LogP contribution >= 0.6 is 0 Å². The van der Waals surface area contributed by atoms with Gasteiger partial charge in [-0.05, 0) is 26.0 Å². The average molecular weight is 287 g/mol. The molecule has 1 fully saturated rings. The van der Waals surface area contributed by atoms with Crippen molar-refractivity contribution in [1.82, 2.24) is 19.8 Å².